The molecule has 0 spiro atoms. The zero-order valence-corrected chi connectivity index (χ0v) is 13.0. The van der Waals surface area contributed by atoms with Crippen molar-refractivity contribution in [1.82, 2.24) is 14.6 Å². The predicted molar refractivity (Wildman–Crippen MR) is 84.1 cm³/mol. The number of ether oxygens (including phenoxy) is 1. The molecule has 0 aliphatic heterocycles. The molecule has 3 aromatic rings. The van der Waals surface area contributed by atoms with Crippen LogP contribution in [0.15, 0.2) is 36.7 Å². The first-order valence-electron chi connectivity index (χ1n) is 6.88. The normalized spacial score (nSPS) is 10.9. The van der Waals surface area contributed by atoms with E-state index in [0.717, 1.165) is 11.1 Å². The number of esters is 1. The van der Waals surface area contributed by atoms with Gasteiger partial charge in [0.2, 0.25) is 0 Å². The maximum absolute atomic E-state index is 11.9. The van der Waals surface area contributed by atoms with Crippen molar-refractivity contribution >= 4 is 23.2 Å². The van der Waals surface area contributed by atoms with E-state index in [4.69, 9.17) is 16.3 Å². The van der Waals surface area contributed by atoms with Gasteiger partial charge in [-0.05, 0) is 31.5 Å². The molecule has 0 saturated carbocycles. The molecule has 5 nitrogen and oxygen atoms in total. The van der Waals surface area contributed by atoms with Gasteiger partial charge in [-0.15, -0.1) is 0 Å². The average Bonchev–Trinajstić information content (AvgIpc) is 2.93. The molecule has 1 aromatic carbocycles. The van der Waals surface area contributed by atoms with Crippen molar-refractivity contribution < 1.29 is 9.53 Å². The Labute approximate surface area is 132 Å². The number of aryl methyl sites for hydroxylation is 1. The molecule has 112 valence electrons. The third kappa shape index (κ3) is 2.44. The number of aromatic nitrogens is 3. The van der Waals surface area contributed by atoms with Crippen LogP contribution in [0.3, 0.4) is 0 Å². The molecule has 0 radical (unpaired) electrons. The fourth-order valence-electron chi connectivity index (χ4n) is 2.29. The Morgan fingerprint density at radius 3 is 2.68 bits per heavy atom. The lowest BCUT2D eigenvalue weighted by atomic mass is 10.1. The van der Waals surface area contributed by atoms with E-state index >= 15 is 0 Å². The highest BCUT2D eigenvalue weighted by molar-refractivity contribution is 6.30. The van der Waals surface area contributed by atoms with Crippen LogP contribution >= 0.6 is 11.6 Å². The molecule has 0 amide bonds. The van der Waals surface area contributed by atoms with Gasteiger partial charge in [0.25, 0.3) is 0 Å². The van der Waals surface area contributed by atoms with Gasteiger partial charge in [-0.1, -0.05) is 23.7 Å². The highest BCUT2D eigenvalue weighted by Gasteiger charge is 2.16. The zero-order valence-electron chi connectivity index (χ0n) is 12.2. The number of carbonyl (C=O) groups excluding carboxylic acids is 1. The van der Waals surface area contributed by atoms with Gasteiger partial charge in [0.15, 0.2) is 5.65 Å². The van der Waals surface area contributed by atoms with E-state index in [1.54, 1.807) is 17.6 Å². The lowest BCUT2D eigenvalue weighted by molar-refractivity contribution is 0.0524. The van der Waals surface area contributed by atoms with E-state index in [2.05, 4.69) is 10.1 Å². The Bertz CT molecular complexity index is 840. The summed E-state index contributed by atoms with van der Waals surface area (Å²) in [6.07, 6.45) is 3.26. The summed E-state index contributed by atoms with van der Waals surface area (Å²) >= 11 is 5.91. The average molecular weight is 316 g/mol. The Kier molecular flexibility index (Phi) is 3.81. The molecule has 6 heteroatoms. The molecular formula is C16H14ClN3O2. The van der Waals surface area contributed by atoms with Crippen LogP contribution in [0.4, 0.5) is 0 Å². The predicted octanol–water partition coefficient (Wildman–Crippen LogP) is 3.53. The summed E-state index contributed by atoms with van der Waals surface area (Å²) in [6.45, 7) is 3.91. The van der Waals surface area contributed by atoms with Crippen LogP contribution in [0.2, 0.25) is 5.02 Å². The van der Waals surface area contributed by atoms with Gasteiger partial charge in [0, 0.05) is 16.8 Å². The summed E-state index contributed by atoms with van der Waals surface area (Å²) in [6, 6.07) is 7.46. The number of rotatable bonds is 3. The minimum Gasteiger partial charge on any atom is -0.462 e. The van der Waals surface area contributed by atoms with Crippen LogP contribution in [-0.4, -0.2) is 27.2 Å². The topological polar surface area (TPSA) is 56.5 Å². The molecule has 22 heavy (non-hydrogen) atoms. The Morgan fingerprint density at radius 1 is 1.27 bits per heavy atom. The van der Waals surface area contributed by atoms with Gasteiger partial charge in [0.05, 0.1) is 24.1 Å². The first-order chi connectivity index (χ1) is 10.6. The van der Waals surface area contributed by atoms with Crippen LogP contribution in [0, 0.1) is 6.92 Å². The first kappa shape index (κ1) is 14.5. The SMILES string of the molecule is CCOC(=O)c1cnc2c(-c3ccc(Cl)cc3)cnn2c1C. The third-order valence-electron chi connectivity index (χ3n) is 3.42. The molecular weight excluding hydrogens is 302 g/mol. The quantitative estimate of drug-likeness (QED) is 0.694. The highest BCUT2D eigenvalue weighted by Crippen LogP contribution is 2.26. The minimum absolute atomic E-state index is 0.325. The Hall–Kier alpha value is -2.40. The van der Waals surface area contributed by atoms with E-state index in [0.29, 0.717) is 28.5 Å². The second-order valence-corrected chi connectivity index (χ2v) is 5.21. The van der Waals surface area contributed by atoms with Crippen molar-refractivity contribution in [3.05, 3.63) is 52.9 Å². The summed E-state index contributed by atoms with van der Waals surface area (Å²) in [5, 5.41) is 5.01. The summed E-state index contributed by atoms with van der Waals surface area (Å²) in [5.41, 5.74) is 3.65. The van der Waals surface area contributed by atoms with E-state index in [1.165, 1.54) is 6.20 Å². The monoisotopic (exact) mass is 315 g/mol. The number of benzene rings is 1. The number of halogens is 1. The lowest BCUT2D eigenvalue weighted by Crippen LogP contribution is -2.11. The van der Waals surface area contributed by atoms with Gasteiger partial charge in [-0.2, -0.15) is 5.10 Å². The molecule has 0 saturated heterocycles. The van der Waals surface area contributed by atoms with Crippen molar-refractivity contribution in [2.75, 3.05) is 6.61 Å². The largest absolute Gasteiger partial charge is 0.462 e. The number of carbonyl (C=O) groups is 1. The maximum atomic E-state index is 11.9. The first-order valence-corrected chi connectivity index (χ1v) is 7.26. The van der Waals surface area contributed by atoms with Gasteiger partial charge in [0.1, 0.15) is 0 Å². The smallest absolute Gasteiger partial charge is 0.341 e. The Balaban J connectivity index is 2.11. The number of hydrogen-bond donors (Lipinski definition) is 0. The van der Waals surface area contributed by atoms with E-state index in [-0.39, 0.29) is 0 Å². The van der Waals surface area contributed by atoms with Crippen molar-refractivity contribution in [3.63, 3.8) is 0 Å². The van der Waals surface area contributed by atoms with Gasteiger partial charge >= 0.3 is 5.97 Å². The molecule has 3 rings (SSSR count). The molecule has 0 N–H and O–H groups in total. The summed E-state index contributed by atoms with van der Waals surface area (Å²) in [5.74, 6) is -0.391. The summed E-state index contributed by atoms with van der Waals surface area (Å²) < 4.78 is 6.68. The molecule has 0 atom stereocenters. The van der Waals surface area contributed by atoms with Crippen molar-refractivity contribution in [2.45, 2.75) is 13.8 Å². The van der Waals surface area contributed by atoms with E-state index in [1.807, 2.05) is 31.2 Å². The molecule has 0 aliphatic carbocycles. The second-order valence-electron chi connectivity index (χ2n) is 4.78. The lowest BCUT2D eigenvalue weighted by Gasteiger charge is -2.07. The van der Waals surface area contributed by atoms with Crippen molar-refractivity contribution in [1.29, 1.82) is 0 Å². The second kappa shape index (κ2) is 5.77. The highest BCUT2D eigenvalue weighted by atomic mass is 35.5. The van der Waals surface area contributed by atoms with Gasteiger partial charge in [-0.25, -0.2) is 14.3 Å². The van der Waals surface area contributed by atoms with Crippen LogP contribution in [-0.2, 0) is 4.74 Å². The van der Waals surface area contributed by atoms with Crippen molar-refractivity contribution in [3.8, 4) is 11.1 Å². The van der Waals surface area contributed by atoms with Gasteiger partial charge < -0.3 is 4.74 Å². The van der Waals surface area contributed by atoms with Crippen LogP contribution in [0.5, 0.6) is 0 Å². The fourth-order valence-corrected chi connectivity index (χ4v) is 2.41. The van der Waals surface area contributed by atoms with Gasteiger partial charge in [-0.3, -0.25) is 0 Å². The molecule has 0 aliphatic rings. The van der Waals surface area contributed by atoms with Crippen molar-refractivity contribution in [2.24, 2.45) is 0 Å². The number of fused-ring (bicyclic) bond motifs is 1. The molecule has 0 unspecified atom stereocenters. The zero-order chi connectivity index (χ0) is 15.7. The molecule has 0 bridgehead atoms. The minimum atomic E-state index is -0.391. The third-order valence-corrected chi connectivity index (χ3v) is 3.67. The number of nitrogens with zero attached hydrogens (tertiary/aromatic N) is 3. The fraction of sp³-hybridized carbons (Fsp3) is 0.188. The summed E-state index contributed by atoms with van der Waals surface area (Å²) in [4.78, 5) is 16.3. The van der Waals surface area contributed by atoms with E-state index in [9.17, 15) is 4.79 Å². The standard InChI is InChI=1S/C16H14ClN3O2/c1-3-22-16(21)13-8-18-15-14(9-19-20(15)10(13)2)11-4-6-12(17)7-5-11/h4-9H,3H2,1-2H3. The molecule has 2 aromatic heterocycles. The number of hydrogen-bond acceptors (Lipinski definition) is 4. The van der Waals surface area contributed by atoms with Crippen LogP contribution < -0.4 is 0 Å². The van der Waals surface area contributed by atoms with Crippen LogP contribution in [0.25, 0.3) is 16.8 Å². The van der Waals surface area contributed by atoms with E-state index < -0.39 is 5.97 Å². The Morgan fingerprint density at radius 2 is 2.00 bits per heavy atom. The molecule has 0 fully saturated rings. The maximum Gasteiger partial charge on any atom is 0.341 e. The summed E-state index contributed by atoms with van der Waals surface area (Å²) in [7, 11) is 0. The van der Waals surface area contributed by atoms with Crippen LogP contribution in [0.1, 0.15) is 23.0 Å². The molecule has 2 heterocycles.